The molecule has 2 aromatic carbocycles. The molecule has 0 aromatic heterocycles. The number of carbonyl (C=O) groups excluding carboxylic acids is 2. The molecule has 1 heterocycles. The smallest absolute Gasteiger partial charge is 0.334 e. The molecule has 3 N–H and O–H groups in total. The molecule has 1 saturated heterocycles. The standard InChI is InChI=1S/C29H35Cl2N3O5/c1-2-3-4-19-11-13-29(14-12-19)18-33(24-10-9-22(30)15-23(24)31)28(39)34(29)17-20-5-7-21(8-6-20)26(36)32-16-25(35)27(37)38/h5-10,15,19,25,35H,2-4,11-14,16-18H2,1H3,(H,32,36)(H,37,38). The largest absolute Gasteiger partial charge is 0.479 e. The average Bonchev–Trinajstić information content (AvgIpc) is 3.17. The van der Waals surface area contributed by atoms with Gasteiger partial charge >= 0.3 is 12.0 Å². The van der Waals surface area contributed by atoms with Crippen molar-refractivity contribution in [2.24, 2.45) is 5.92 Å². The number of amides is 3. The lowest BCUT2D eigenvalue weighted by Gasteiger charge is -2.42. The summed E-state index contributed by atoms with van der Waals surface area (Å²) in [6.45, 7) is 2.77. The summed E-state index contributed by atoms with van der Waals surface area (Å²) in [7, 11) is 0. The Bertz CT molecular complexity index is 1200. The average molecular weight is 577 g/mol. The summed E-state index contributed by atoms with van der Waals surface area (Å²) in [5.74, 6) is -1.20. The van der Waals surface area contributed by atoms with E-state index < -0.39 is 18.0 Å². The Morgan fingerprint density at radius 1 is 1.13 bits per heavy atom. The lowest BCUT2D eigenvalue weighted by Crippen LogP contribution is -2.49. The number of benzene rings is 2. The minimum atomic E-state index is -1.67. The summed E-state index contributed by atoms with van der Waals surface area (Å²) in [6, 6.07) is 12.0. The predicted octanol–water partition coefficient (Wildman–Crippen LogP) is 5.73. The molecule has 1 saturated carbocycles. The Balaban J connectivity index is 1.52. The fourth-order valence-corrected chi connectivity index (χ4v) is 6.18. The molecule has 10 heteroatoms. The van der Waals surface area contributed by atoms with Crippen LogP contribution in [0.2, 0.25) is 10.0 Å². The zero-order valence-electron chi connectivity index (χ0n) is 22.0. The fourth-order valence-electron chi connectivity index (χ4n) is 5.67. The van der Waals surface area contributed by atoms with Crippen LogP contribution in [0.25, 0.3) is 0 Å². The van der Waals surface area contributed by atoms with Gasteiger partial charge in [-0.15, -0.1) is 0 Å². The van der Waals surface area contributed by atoms with E-state index in [-0.39, 0.29) is 18.1 Å². The molecule has 1 aliphatic carbocycles. The molecule has 1 unspecified atom stereocenters. The third kappa shape index (κ3) is 6.68. The molecule has 210 valence electrons. The molecule has 1 aliphatic heterocycles. The zero-order chi connectivity index (χ0) is 28.2. The number of anilines is 1. The van der Waals surface area contributed by atoms with Gasteiger partial charge in [0.2, 0.25) is 0 Å². The maximum atomic E-state index is 13.9. The van der Waals surface area contributed by atoms with E-state index in [0.29, 0.717) is 40.3 Å². The van der Waals surface area contributed by atoms with E-state index in [1.54, 1.807) is 47.4 Å². The maximum Gasteiger partial charge on any atom is 0.334 e. The van der Waals surface area contributed by atoms with Gasteiger partial charge in [0.25, 0.3) is 5.91 Å². The summed E-state index contributed by atoms with van der Waals surface area (Å²) in [5, 5.41) is 21.5. The van der Waals surface area contributed by atoms with E-state index in [9.17, 15) is 19.5 Å². The van der Waals surface area contributed by atoms with E-state index in [1.165, 1.54) is 19.3 Å². The van der Waals surface area contributed by atoms with Crippen LogP contribution in [0.5, 0.6) is 0 Å². The lowest BCUT2D eigenvalue weighted by atomic mass is 9.74. The molecule has 39 heavy (non-hydrogen) atoms. The van der Waals surface area contributed by atoms with Crippen LogP contribution >= 0.6 is 23.2 Å². The third-order valence-electron chi connectivity index (χ3n) is 7.99. The molecule has 1 atom stereocenters. The second-order valence-corrected chi connectivity index (χ2v) is 11.5. The highest BCUT2D eigenvalue weighted by atomic mass is 35.5. The van der Waals surface area contributed by atoms with Gasteiger partial charge < -0.3 is 20.4 Å². The maximum absolute atomic E-state index is 13.9. The van der Waals surface area contributed by atoms with Gasteiger partial charge in [-0.25, -0.2) is 9.59 Å². The number of urea groups is 1. The van der Waals surface area contributed by atoms with Gasteiger partial charge in [0.05, 0.1) is 29.3 Å². The number of carbonyl (C=O) groups is 3. The van der Waals surface area contributed by atoms with Crippen molar-refractivity contribution < 1.29 is 24.6 Å². The first kappa shape index (κ1) is 29.2. The number of aliphatic carboxylic acids is 1. The summed E-state index contributed by atoms with van der Waals surface area (Å²) < 4.78 is 0. The monoisotopic (exact) mass is 575 g/mol. The first-order valence-electron chi connectivity index (χ1n) is 13.5. The molecule has 0 bridgehead atoms. The van der Waals surface area contributed by atoms with E-state index in [0.717, 1.165) is 31.2 Å². The first-order chi connectivity index (χ1) is 18.6. The third-order valence-corrected chi connectivity index (χ3v) is 8.52. The Kier molecular flexibility index (Phi) is 9.41. The number of hydrogen-bond donors (Lipinski definition) is 3. The number of hydrogen-bond acceptors (Lipinski definition) is 4. The second-order valence-electron chi connectivity index (χ2n) is 10.6. The number of carboxylic acid groups (broad SMARTS) is 1. The second kappa shape index (κ2) is 12.6. The van der Waals surface area contributed by atoms with Gasteiger partial charge in [-0.1, -0.05) is 61.5 Å². The van der Waals surface area contributed by atoms with Gasteiger partial charge in [-0.05, 0) is 67.5 Å². The predicted molar refractivity (Wildman–Crippen MR) is 151 cm³/mol. The summed E-state index contributed by atoms with van der Waals surface area (Å²) in [5.41, 5.74) is 1.55. The van der Waals surface area contributed by atoms with Crippen LogP contribution in [-0.2, 0) is 11.3 Å². The van der Waals surface area contributed by atoms with Gasteiger partial charge in [0.15, 0.2) is 6.10 Å². The normalized spacial score (nSPS) is 21.8. The molecular weight excluding hydrogens is 541 g/mol. The Hall–Kier alpha value is -2.81. The van der Waals surface area contributed by atoms with Crippen LogP contribution in [0.15, 0.2) is 42.5 Å². The van der Waals surface area contributed by atoms with Gasteiger partial charge in [-0.3, -0.25) is 9.69 Å². The quantitative estimate of drug-likeness (QED) is 0.335. The highest BCUT2D eigenvalue weighted by molar-refractivity contribution is 6.36. The topological polar surface area (TPSA) is 110 Å². The number of aliphatic hydroxyl groups excluding tert-OH is 1. The fraction of sp³-hybridized carbons (Fsp3) is 0.483. The first-order valence-corrected chi connectivity index (χ1v) is 14.2. The van der Waals surface area contributed by atoms with Crippen molar-refractivity contribution in [2.45, 2.75) is 70.1 Å². The summed E-state index contributed by atoms with van der Waals surface area (Å²) in [4.78, 5) is 40.8. The molecule has 1 spiro atoms. The molecule has 2 fully saturated rings. The molecule has 8 nitrogen and oxygen atoms in total. The van der Waals surface area contributed by atoms with Crippen molar-refractivity contribution in [3.63, 3.8) is 0 Å². The number of nitrogens with zero attached hydrogens (tertiary/aromatic N) is 2. The highest BCUT2D eigenvalue weighted by Crippen LogP contribution is 2.45. The number of unbranched alkanes of at least 4 members (excludes halogenated alkanes) is 1. The van der Waals surface area contributed by atoms with Crippen molar-refractivity contribution in [1.29, 1.82) is 0 Å². The van der Waals surface area contributed by atoms with Crippen molar-refractivity contribution in [2.75, 3.05) is 18.0 Å². The van der Waals surface area contributed by atoms with Crippen molar-refractivity contribution in [1.82, 2.24) is 10.2 Å². The number of nitrogens with one attached hydrogen (secondary N) is 1. The van der Waals surface area contributed by atoms with E-state index >= 15 is 0 Å². The van der Waals surface area contributed by atoms with Gasteiger partial charge in [0, 0.05) is 17.1 Å². The van der Waals surface area contributed by atoms with Crippen LogP contribution in [0.4, 0.5) is 10.5 Å². The molecule has 0 radical (unpaired) electrons. The van der Waals surface area contributed by atoms with Crippen LogP contribution < -0.4 is 10.2 Å². The minimum absolute atomic E-state index is 0.101. The summed E-state index contributed by atoms with van der Waals surface area (Å²) in [6.07, 6.45) is 5.95. The number of rotatable bonds is 10. The number of aliphatic hydroxyl groups is 1. The number of carboxylic acids is 1. The number of halogens is 2. The van der Waals surface area contributed by atoms with Crippen LogP contribution in [0, 0.1) is 5.92 Å². The zero-order valence-corrected chi connectivity index (χ0v) is 23.5. The van der Waals surface area contributed by atoms with Gasteiger partial charge in [0.1, 0.15) is 0 Å². The van der Waals surface area contributed by atoms with Gasteiger partial charge in [-0.2, -0.15) is 0 Å². The molecule has 2 aromatic rings. The van der Waals surface area contributed by atoms with E-state index in [4.69, 9.17) is 28.3 Å². The SMILES string of the molecule is CCCCC1CCC2(CC1)CN(c1ccc(Cl)cc1Cl)C(=O)N2Cc1ccc(C(=O)NCC(O)C(=O)O)cc1. The van der Waals surface area contributed by atoms with Crippen LogP contribution in [0.3, 0.4) is 0 Å². The van der Waals surface area contributed by atoms with E-state index in [2.05, 4.69) is 12.2 Å². The molecular formula is C29H35Cl2N3O5. The van der Waals surface area contributed by atoms with Crippen molar-refractivity contribution in [3.05, 3.63) is 63.6 Å². The molecule has 3 amide bonds. The van der Waals surface area contributed by atoms with Crippen LogP contribution in [-0.4, -0.2) is 57.8 Å². The van der Waals surface area contributed by atoms with Crippen molar-refractivity contribution in [3.8, 4) is 0 Å². The lowest BCUT2D eigenvalue weighted by molar-refractivity contribution is -0.146. The van der Waals surface area contributed by atoms with E-state index in [1.807, 2.05) is 4.90 Å². The Morgan fingerprint density at radius 2 is 1.82 bits per heavy atom. The molecule has 2 aliphatic rings. The van der Waals surface area contributed by atoms with Crippen molar-refractivity contribution >= 4 is 46.8 Å². The Morgan fingerprint density at radius 3 is 2.44 bits per heavy atom. The minimum Gasteiger partial charge on any atom is -0.479 e. The van der Waals surface area contributed by atoms with Crippen LogP contribution in [0.1, 0.15) is 67.8 Å². The Labute approximate surface area is 238 Å². The highest BCUT2D eigenvalue weighted by Gasteiger charge is 2.51. The molecule has 4 rings (SSSR count). The summed E-state index contributed by atoms with van der Waals surface area (Å²) >= 11 is 12.6.